The summed E-state index contributed by atoms with van der Waals surface area (Å²) >= 11 is 0. The van der Waals surface area contributed by atoms with E-state index in [1.54, 1.807) is 19.9 Å². The van der Waals surface area contributed by atoms with Gasteiger partial charge in [-0.05, 0) is 24.5 Å². The molecule has 0 saturated carbocycles. The quantitative estimate of drug-likeness (QED) is 0.639. The summed E-state index contributed by atoms with van der Waals surface area (Å²) in [6.07, 6.45) is 1.75. The fraction of sp³-hybridized carbons (Fsp3) is 0.312. The average molecular weight is 304 g/mol. The largest absolute Gasteiger partial charge is 0.449 e. The van der Waals surface area contributed by atoms with Crippen LogP contribution < -0.4 is 11.1 Å². The number of esters is 1. The molecule has 0 fully saturated rings. The summed E-state index contributed by atoms with van der Waals surface area (Å²) in [5.74, 6) is -1.70. The van der Waals surface area contributed by atoms with Gasteiger partial charge in [0.1, 0.15) is 0 Å². The third-order valence-electron chi connectivity index (χ3n) is 2.81. The van der Waals surface area contributed by atoms with Gasteiger partial charge in [-0.25, -0.2) is 9.59 Å². The van der Waals surface area contributed by atoms with Crippen molar-refractivity contribution >= 4 is 24.0 Å². The van der Waals surface area contributed by atoms with Crippen molar-refractivity contribution in [2.75, 3.05) is 0 Å². The lowest BCUT2D eigenvalue weighted by atomic mass is 10.1. The van der Waals surface area contributed by atoms with Crippen molar-refractivity contribution in [1.29, 1.82) is 0 Å². The first-order valence-corrected chi connectivity index (χ1v) is 6.85. The molecule has 1 aromatic rings. The first kappa shape index (κ1) is 17.4. The molecule has 0 saturated heterocycles. The molecular weight excluding hydrogens is 284 g/mol. The fourth-order valence-corrected chi connectivity index (χ4v) is 1.79. The van der Waals surface area contributed by atoms with E-state index in [1.807, 2.05) is 36.5 Å². The zero-order valence-corrected chi connectivity index (χ0v) is 12.8. The molecule has 1 aromatic carbocycles. The number of aryl methyl sites for hydroxylation is 1. The van der Waals surface area contributed by atoms with Gasteiger partial charge in [0.2, 0.25) is 0 Å². The molecule has 0 aliphatic rings. The van der Waals surface area contributed by atoms with Crippen LogP contribution in [0.5, 0.6) is 0 Å². The Kier molecular flexibility index (Phi) is 6.31. The van der Waals surface area contributed by atoms with Gasteiger partial charge in [-0.1, -0.05) is 43.7 Å². The number of carbonyl (C=O) groups is 3. The summed E-state index contributed by atoms with van der Waals surface area (Å²) in [7, 11) is 0. The van der Waals surface area contributed by atoms with Crippen molar-refractivity contribution in [2.24, 2.45) is 11.7 Å². The van der Waals surface area contributed by atoms with E-state index in [9.17, 15) is 14.4 Å². The van der Waals surface area contributed by atoms with E-state index in [1.165, 1.54) is 6.08 Å². The standard InChI is InChI=1S/C16H20N2O4/c1-10(2)14(15(20)18-16(17)21)22-13(19)8-7-12-6-4-5-11(3)9-12/h4-10,14H,1-3H3,(H3,17,18,20,21)/b8-7+/t14-/m0/s1. The minimum absolute atomic E-state index is 0.296. The number of amides is 3. The molecule has 0 spiro atoms. The molecule has 0 radical (unpaired) electrons. The molecule has 3 amide bonds. The van der Waals surface area contributed by atoms with Gasteiger partial charge in [-0.2, -0.15) is 0 Å². The van der Waals surface area contributed by atoms with E-state index in [4.69, 9.17) is 10.5 Å². The zero-order valence-electron chi connectivity index (χ0n) is 12.8. The van der Waals surface area contributed by atoms with Gasteiger partial charge < -0.3 is 10.5 Å². The number of imide groups is 1. The smallest absolute Gasteiger partial charge is 0.331 e. The second kappa shape index (κ2) is 7.97. The lowest BCUT2D eigenvalue weighted by Gasteiger charge is -2.18. The zero-order chi connectivity index (χ0) is 16.7. The number of hydrogen-bond acceptors (Lipinski definition) is 4. The molecule has 0 aliphatic heterocycles. The minimum atomic E-state index is -1.08. The van der Waals surface area contributed by atoms with Crippen LogP contribution in [0.4, 0.5) is 4.79 Å². The van der Waals surface area contributed by atoms with Crippen LogP contribution in [0.3, 0.4) is 0 Å². The summed E-state index contributed by atoms with van der Waals surface area (Å²) in [6.45, 7) is 5.34. The first-order valence-electron chi connectivity index (χ1n) is 6.85. The maximum atomic E-state index is 11.8. The summed E-state index contributed by atoms with van der Waals surface area (Å²) < 4.78 is 5.08. The number of nitrogens with two attached hydrogens (primary N) is 1. The fourth-order valence-electron chi connectivity index (χ4n) is 1.79. The monoisotopic (exact) mass is 304 g/mol. The second-order valence-corrected chi connectivity index (χ2v) is 5.20. The van der Waals surface area contributed by atoms with Gasteiger partial charge in [0.15, 0.2) is 6.10 Å². The molecule has 22 heavy (non-hydrogen) atoms. The Morgan fingerprint density at radius 3 is 2.50 bits per heavy atom. The van der Waals surface area contributed by atoms with Crippen LogP contribution in [0.1, 0.15) is 25.0 Å². The number of nitrogens with one attached hydrogen (secondary N) is 1. The van der Waals surface area contributed by atoms with Crippen molar-refractivity contribution in [1.82, 2.24) is 5.32 Å². The number of hydrogen-bond donors (Lipinski definition) is 2. The van der Waals surface area contributed by atoms with Crippen molar-refractivity contribution < 1.29 is 19.1 Å². The number of primary amides is 1. The predicted molar refractivity (Wildman–Crippen MR) is 82.7 cm³/mol. The number of urea groups is 1. The van der Waals surface area contributed by atoms with Crippen molar-refractivity contribution in [3.05, 3.63) is 41.5 Å². The Morgan fingerprint density at radius 2 is 1.95 bits per heavy atom. The number of ether oxygens (including phenoxy) is 1. The third-order valence-corrected chi connectivity index (χ3v) is 2.81. The van der Waals surface area contributed by atoms with Gasteiger partial charge in [0, 0.05) is 6.08 Å². The highest BCUT2D eigenvalue weighted by molar-refractivity contribution is 5.97. The van der Waals surface area contributed by atoms with Crippen molar-refractivity contribution in [2.45, 2.75) is 26.9 Å². The first-order chi connectivity index (χ1) is 10.3. The summed E-state index contributed by atoms with van der Waals surface area (Å²) in [5, 5.41) is 1.91. The van der Waals surface area contributed by atoms with Gasteiger partial charge >= 0.3 is 12.0 Å². The van der Waals surface area contributed by atoms with Crippen LogP contribution in [0.25, 0.3) is 6.08 Å². The lowest BCUT2D eigenvalue weighted by Crippen LogP contribution is -2.45. The molecule has 3 N–H and O–H groups in total. The van der Waals surface area contributed by atoms with Crippen molar-refractivity contribution in [3.63, 3.8) is 0 Å². The molecule has 0 aliphatic carbocycles. The van der Waals surface area contributed by atoms with Gasteiger partial charge in [0.25, 0.3) is 5.91 Å². The maximum absolute atomic E-state index is 11.8. The Balaban J connectivity index is 2.71. The average Bonchev–Trinajstić information content (AvgIpc) is 2.41. The van der Waals surface area contributed by atoms with Gasteiger partial charge in [0.05, 0.1) is 0 Å². The molecule has 0 heterocycles. The Morgan fingerprint density at radius 1 is 1.27 bits per heavy atom. The van der Waals surface area contributed by atoms with Crippen LogP contribution in [-0.4, -0.2) is 24.0 Å². The van der Waals surface area contributed by atoms with Crippen molar-refractivity contribution in [3.8, 4) is 0 Å². The number of rotatable bonds is 5. The van der Waals surface area contributed by atoms with Crippen LogP contribution in [0.15, 0.2) is 30.3 Å². The van der Waals surface area contributed by atoms with E-state index in [0.717, 1.165) is 11.1 Å². The topological polar surface area (TPSA) is 98.5 Å². The van der Waals surface area contributed by atoms with Gasteiger partial charge in [-0.15, -0.1) is 0 Å². The highest BCUT2D eigenvalue weighted by Gasteiger charge is 2.26. The molecule has 118 valence electrons. The summed E-state index contributed by atoms with van der Waals surface area (Å²) in [4.78, 5) is 34.2. The van der Waals surface area contributed by atoms with E-state index >= 15 is 0 Å². The van der Waals surface area contributed by atoms with Crippen LogP contribution >= 0.6 is 0 Å². The Hall–Kier alpha value is -2.63. The molecule has 1 atom stereocenters. The van der Waals surface area contributed by atoms with Crippen LogP contribution in [-0.2, 0) is 14.3 Å². The Bertz CT molecular complexity index is 594. The van der Waals surface area contributed by atoms with E-state index in [-0.39, 0.29) is 5.92 Å². The van der Waals surface area contributed by atoms with E-state index in [2.05, 4.69) is 0 Å². The van der Waals surface area contributed by atoms with Crippen LogP contribution in [0.2, 0.25) is 0 Å². The summed E-state index contributed by atoms with van der Waals surface area (Å²) in [5.41, 5.74) is 6.80. The molecule has 0 bridgehead atoms. The molecule has 1 rings (SSSR count). The maximum Gasteiger partial charge on any atom is 0.331 e. The number of carbonyl (C=O) groups excluding carboxylic acids is 3. The lowest BCUT2D eigenvalue weighted by molar-refractivity contribution is -0.153. The third kappa shape index (κ3) is 5.78. The summed E-state index contributed by atoms with van der Waals surface area (Å²) in [6, 6.07) is 6.58. The SMILES string of the molecule is Cc1cccc(/C=C/C(=O)O[C@H](C(=O)NC(N)=O)C(C)C)c1. The van der Waals surface area contributed by atoms with E-state index in [0.29, 0.717) is 0 Å². The Labute approximate surface area is 129 Å². The number of benzene rings is 1. The molecule has 0 unspecified atom stereocenters. The normalized spacial score (nSPS) is 12.2. The highest BCUT2D eigenvalue weighted by Crippen LogP contribution is 2.09. The van der Waals surface area contributed by atoms with Gasteiger partial charge in [-0.3, -0.25) is 10.1 Å². The highest BCUT2D eigenvalue weighted by atomic mass is 16.5. The molecule has 0 aromatic heterocycles. The molecular formula is C16H20N2O4. The predicted octanol–water partition coefficient (Wildman–Crippen LogP) is 1.77. The molecule has 6 heteroatoms. The van der Waals surface area contributed by atoms with E-state index < -0.39 is 24.0 Å². The minimum Gasteiger partial charge on any atom is -0.449 e. The molecule has 6 nitrogen and oxygen atoms in total. The van der Waals surface area contributed by atoms with Crippen LogP contribution in [0, 0.1) is 12.8 Å². The second-order valence-electron chi connectivity index (χ2n) is 5.20.